The van der Waals surface area contributed by atoms with Crippen LogP contribution in [0.25, 0.3) is 0 Å². The lowest BCUT2D eigenvalue weighted by Gasteiger charge is -2.29. The fraction of sp³-hybridized carbons (Fsp3) is 0.500. The van der Waals surface area contributed by atoms with Gasteiger partial charge in [0.15, 0.2) is 0 Å². The lowest BCUT2D eigenvalue weighted by atomic mass is 10.3. The van der Waals surface area contributed by atoms with Crippen LogP contribution in [0.2, 0.25) is 0 Å². The first-order valence-electron chi connectivity index (χ1n) is 4.40. The van der Waals surface area contributed by atoms with E-state index in [4.69, 9.17) is 4.74 Å². The summed E-state index contributed by atoms with van der Waals surface area (Å²) in [5.41, 5.74) is 1.89. The predicted octanol–water partition coefficient (Wildman–Crippen LogP) is 1.44. The minimum atomic E-state index is 0.785. The van der Waals surface area contributed by atoms with Gasteiger partial charge in [0.1, 0.15) is 0 Å². The molecule has 0 unspecified atom stereocenters. The molecule has 13 heavy (non-hydrogen) atoms. The fourth-order valence-corrected chi connectivity index (χ4v) is 1.23. The molecule has 0 aromatic heterocycles. The maximum atomic E-state index is 5.24. The normalized spacial score (nSPS) is 18.5. The Bertz CT molecular complexity index is 227. The molecule has 0 aromatic carbocycles. The molecule has 1 saturated heterocycles. The highest BCUT2D eigenvalue weighted by Gasteiger charge is 2.09. The van der Waals surface area contributed by atoms with E-state index in [2.05, 4.69) is 23.2 Å². The van der Waals surface area contributed by atoms with Crippen LogP contribution in [0.3, 0.4) is 0 Å². The number of hydrogen-bond donors (Lipinski definition) is 0. The molecule has 0 aliphatic carbocycles. The Hall–Kier alpha value is -1.09. The maximum absolute atomic E-state index is 5.24. The van der Waals surface area contributed by atoms with Gasteiger partial charge in [0.05, 0.1) is 13.2 Å². The van der Waals surface area contributed by atoms with Gasteiger partial charge in [0.25, 0.3) is 0 Å². The number of aliphatic imine (C=N–C) groups is 1. The highest BCUT2D eigenvalue weighted by atomic mass is 16.5. The summed E-state index contributed by atoms with van der Waals surface area (Å²) in [6.07, 6.45) is 1.94. The molecule has 0 aromatic rings. The SMILES string of the molecule is C=N/C(C)=C\C(=C)N1CCOCC1. The number of hydrogen-bond acceptors (Lipinski definition) is 3. The molecule has 0 bridgehead atoms. The number of rotatable bonds is 3. The molecule has 3 nitrogen and oxygen atoms in total. The number of allylic oxidation sites excluding steroid dienone is 2. The summed E-state index contributed by atoms with van der Waals surface area (Å²) >= 11 is 0. The Morgan fingerprint density at radius 3 is 2.62 bits per heavy atom. The monoisotopic (exact) mass is 180 g/mol. The van der Waals surface area contributed by atoms with Crippen molar-refractivity contribution in [3.05, 3.63) is 24.0 Å². The molecule has 1 aliphatic rings. The van der Waals surface area contributed by atoms with Crippen LogP contribution in [0.4, 0.5) is 0 Å². The standard InChI is InChI=1S/C10H16N2O/c1-9(11-3)8-10(2)12-4-6-13-7-5-12/h8H,2-7H2,1H3/b9-8-. The summed E-state index contributed by atoms with van der Waals surface area (Å²) in [7, 11) is 0. The van der Waals surface area contributed by atoms with Crippen LogP contribution in [0, 0.1) is 0 Å². The molecule has 1 fully saturated rings. The second-order valence-corrected chi connectivity index (χ2v) is 3.03. The lowest BCUT2D eigenvalue weighted by Crippen LogP contribution is -2.34. The summed E-state index contributed by atoms with van der Waals surface area (Å²) in [5.74, 6) is 0. The van der Waals surface area contributed by atoms with Crippen LogP contribution in [0.5, 0.6) is 0 Å². The molecule has 0 amide bonds. The lowest BCUT2D eigenvalue weighted by molar-refractivity contribution is 0.0555. The molecule has 1 aliphatic heterocycles. The third-order valence-electron chi connectivity index (χ3n) is 2.04. The highest BCUT2D eigenvalue weighted by Crippen LogP contribution is 2.09. The summed E-state index contributed by atoms with van der Waals surface area (Å²) < 4.78 is 5.24. The van der Waals surface area contributed by atoms with Gasteiger partial charge in [0, 0.05) is 24.5 Å². The first-order chi connectivity index (χ1) is 6.24. The molecule has 0 atom stereocenters. The summed E-state index contributed by atoms with van der Waals surface area (Å²) in [4.78, 5) is 6.01. The molecule has 0 radical (unpaired) electrons. The Labute approximate surface area is 79.4 Å². The van der Waals surface area contributed by atoms with Crippen LogP contribution in [0.1, 0.15) is 6.92 Å². The first-order valence-corrected chi connectivity index (χ1v) is 4.40. The van der Waals surface area contributed by atoms with Crippen molar-refractivity contribution in [3.8, 4) is 0 Å². The Kier molecular flexibility index (Phi) is 3.71. The fourth-order valence-electron chi connectivity index (χ4n) is 1.23. The summed E-state index contributed by atoms with van der Waals surface area (Å²) in [6, 6.07) is 0. The van der Waals surface area contributed by atoms with Crippen molar-refractivity contribution in [3.63, 3.8) is 0 Å². The van der Waals surface area contributed by atoms with Crippen LogP contribution in [-0.2, 0) is 4.74 Å². The van der Waals surface area contributed by atoms with Gasteiger partial charge >= 0.3 is 0 Å². The number of nitrogens with zero attached hydrogens (tertiary/aromatic N) is 2. The van der Waals surface area contributed by atoms with Crippen LogP contribution in [-0.4, -0.2) is 37.9 Å². The van der Waals surface area contributed by atoms with E-state index in [1.165, 1.54) is 0 Å². The van der Waals surface area contributed by atoms with Gasteiger partial charge < -0.3 is 9.64 Å². The van der Waals surface area contributed by atoms with Gasteiger partial charge in [-0.1, -0.05) is 6.58 Å². The Morgan fingerprint density at radius 1 is 1.46 bits per heavy atom. The van der Waals surface area contributed by atoms with E-state index in [0.29, 0.717) is 0 Å². The Morgan fingerprint density at radius 2 is 2.08 bits per heavy atom. The van der Waals surface area contributed by atoms with E-state index in [9.17, 15) is 0 Å². The molecule has 72 valence electrons. The summed E-state index contributed by atoms with van der Waals surface area (Å²) in [6.45, 7) is 12.7. The molecular formula is C10H16N2O. The molecular weight excluding hydrogens is 164 g/mol. The zero-order valence-electron chi connectivity index (χ0n) is 8.12. The third kappa shape index (κ3) is 3.03. The molecule has 3 heteroatoms. The predicted molar refractivity (Wildman–Crippen MR) is 54.8 cm³/mol. The van der Waals surface area contributed by atoms with Gasteiger partial charge in [-0.2, -0.15) is 0 Å². The zero-order chi connectivity index (χ0) is 9.68. The third-order valence-corrected chi connectivity index (χ3v) is 2.04. The van der Waals surface area contributed by atoms with Gasteiger partial charge in [0.2, 0.25) is 0 Å². The van der Waals surface area contributed by atoms with Crippen molar-refractivity contribution in [2.24, 2.45) is 4.99 Å². The molecule has 1 rings (SSSR count). The maximum Gasteiger partial charge on any atom is 0.0642 e. The Balaban J connectivity index is 2.50. The van der Waals surface area contributed by atoms with E-state index in [1.54, 1.807) is 0 Å². The first kappa shape index (κ1) is 9.99. The van der Waals surface area contributed by atoms with Crippen LogP contribution in [0.15, 0.2) is 29.0 Å². The van der Waals surface area contributed by atoms with Gasteiger partial charge in [-0.15, -0.1) is 0 Å². The minimum absolute atomic E-state index is 0.785. The summed E-state index contributed by atoms with van der Waals surface area (Å²) in [5, 5.41) is 0. The largest absolute Gasteiger partial charge is 0.378 e. The van der Waals surface area contributed by atoms with Gasteiger partial charge in [-0.25, -0.2) is 0 Å². The van der Waals surface area contributed by atoms with Crippen LogP contribution >= 0.6 is 0 Å². The van der Waals surface area contributed by atoms with E-state index < -0.39 is 0 Å². The molecule has 0 spiro atoms. The topological polar surface area (TPSA) is 24.8 Å². The zero-order valence-corrected chi connectivity index (χ0v) is 8.12. The van der Waals surface area contributed by atoms with E-state index in [-0.39, 0.29) is 0 Å². The van der Waals surface area contributed by atoms with Crippen molar-refractivity contribution in [1.82, 2.24) is 4.90 Å². The van der Waals surface area contributed by atoms with Gasteiger partial charge in [-0.3, -0.25) is 4.99 Å². The number of morpholine rings is 1. The van der Waals surface area contributed by atoms with Gasteiger partial charge in [-0.05, 0) is 19.7 Å². The molecule has 0 saturated carbocycles. The quantitative estimate of drug-likeness (QED) is 0.485. The minimum Gasteiger partial charge on any atom is -0.378 e. The van der Waals surface area contributed by atoms with Crippen molar-refractivity contribution < 1.29 is 4.74 Å². The molecule has 0 N–H and O–H groups in total. The van der Waals surface area contributed by atoms with Crippen LogP contribution < -0.4 is 0 Å². The smallest absolute Gasteiger partial charge is 0.0642 e. The van der Waals surface area contributed by atoms with E-state index in [1.807, 2.05) is 13.0 Å². The number of ether oxygens (including phenoxy) is 1. The van der Waals surface area contributed by atoms with E-state index >= 15 is 0 Å². The second-order valence-electron chi connectivity index (χ2n) is 3.03. The van der Waals surface area contributed by atoms with E-state index in [0.717, 1.165) is 37.7 Å². The van der Waals surface area contributed by atoms with Crippen molar-refractivity contribution >= 4 is 6.72 Å². The average Bonchev–Trinajstić information content (AvgIpc) is 2.19. The molecule has 1 heterocycles. The average molecular weight is 180 g/mol. The highest BCUT2D eigenvalue weighted by molar-refractivity contribution is 5.30. The van der Waals surface area contributed by atoms with Crippen molar-refractivity contribution in [2.75, 3.05) is 26.3 Å². The second kappa shape index (κ2) is 4.82. The van der Waals surface area contributed by atoms with Crippen molar-refractivity contribution in [2.45, 2.75) is 6.92 Å². The van der Waals surface area contributed by atoms with Crippen molar-refractivity contribution in [1.29, 1.82) is 0 Å².